The molecule has 8 nitrogen and oxygen atoms in total. The van der Waals surface area contributed by atoms with Gasteiger partial charge in [-0.25, -0.2) is 0 Å². The first-order chi connectivity index (χ1) is 16.2. The number of carbonyl (C=O) groups excluding carboxylic acids is 5. The number of hydrogen-bond donors (Lipinski definition) is 2. The van der Waals surface area contributed by atoms with Gasteiger partial charge >= 0.3 is 0 Å². The maximum Gasteiger partial charge on any atom is 0.285 e. The van der Waals surface area contributed by atoms with Crippen molar-refractivity contribution in [3.63, 3.8) is 0 Å². The van der Waals surface area contributed by atoms with E-state index >= 15 is 0 Å². The maximum absolute atomic E-state index is 13.2. The standard InChI is InChI=1S/C27H35N3O5/c1-15(2)19(24(33)25(28)34)13-22(31)16(3)30-26(35)20(27(4,5)6)14-23(32)18-11-12-29-21-10-8-7-9-17(18)21/h7-12,15-16,19-20H,13-14H2,1-6H3,(H2,28,34)(H,30,35)/t16-,19-,20+/m0/s1. The largest absolute Gasteiger partial charge is 0.363 e. The molecule has 3 N–H and O–H groups in total. The number of nitrogens with one attached hydrogen (secondary N) is 1. The Balaban J connectivity index is 2.18. The second-order valence-electron chi connectivity index (χ2n) is 10.4. The normalized spacial score (nSPS) is 14.3. The van der Waals surface area contributed by atoms with Gasteiger partial charge in [0.25, 0.3) is 5.91 Å². The highest BCUT2D eigenvalue weighted by molar-refractivity contribution is 6.36. The smallest absolute Gasteiger partial charge is 0.285 e. The van der Waals surface area contributed by atoms with E-state index in [1.807, 2.05) is 45.0 Å². The molecule has 0 aliphatic rings. The molecule has 188 valence electrons. The van der Waals surface area contributed by atoms with Gasteiger partial charge in [-0.15, -0.1) is 0 Å². The molecule has 0 radical (unpaired) electrons. The Hall–Kier alpha value is -3.42. The van der Waals surface area contributed by atoms with Crippen molar-refractivity contribution in [2.24, 2.45) is 28.9 Å². The Morgan fingerprint density at radius 1 is 0.971 bits per heavy atom. The zero-order valence-electron chi connectivity index (χ0n) is 21.3. The summed E-state index contributed by atoms with van der Waals surface area (Å²) in [5.74, 6) is -4.69. The van der Waals surface area contributed by atoms with Gasteiger partial charge in [0.05, 0.1) is 17.5 Å². The molecule has 35 heavy (non-hydrogen) atoms. The van der Waals surface area contributed by atoms with Gasteiger partial charge in [0.15, 0.2) is 11.6 Å². The molecule has 2 aromatic rings. The molecule has 2 amide bonds. The molecule has 0 unspecified atom stereocenters. The highest BCUT2D eigenvalue weighted by Gasteiger charge is 2.36. The van der Waals surface area contributed by atoms with Gasteiger partial charge in [-0.2, -0.15) is 0 Å². The molecule has 0 saturated carbocycles. The van der Waals surface area contributed by atoms with Gasteiger partial charge in [0, 0.05) is 35.9 Å². The summed E-state index contributed by atoms with van der Waals surface area (Å²) in [4.78, 5) is 67.0. The van der Waals surface area contributed by atoms with Crippen molar-refractivity contribution < 1.29 is 24.0 Å². The fourth-order valence-corrected chi connectivity index (χ4v) is 4.03. The monoisotopic (exact) mass is 481 g/mol. The van der Waals surface area contributed by atoms with Crippen molar-refractivity contribution in [3.05, 3.63) is 42.1 Å². The fourth-order valence-electron chi connectivity index (χ4n) is 4.03. The number of aromatic nitrogens is 1. The molecule has 1 heterocycles. The number of fused-ring (bicyclic) bond motifs is 1. The lowest BCUT2D eigenvalue weighted by molar-refractivity contribution is -0.141. The summed E-state index contributed by atoms with van der Waals surface area (Å²) in [6.07, 6.45) is 1.32. The van der Waals surface area contributed by atoms with Crippen LogP contribution in [0.3, 0.4) is 0 Å². The van der Waals surface area contributed by atoms with Crippen molar-refractivity contribution in [2.45, 2.75) is 60.4 Å². The number of benzene rings is 1. The number of rotatable bonds is 11. The molecule has 3 atom stereocenters. The first-order valence-corrected chi connectivity index (χ1v) is 11.8. The number of ketones is 3. The number of amides is 2. The van der Waals surface area contributed by atoms with Gasteiger partial charge in [-0.05, 0) is 30.4 Å². The van der Waals surface area contributed by atoms with E-state index in [0.717, 1.165) is 5.39 Å². The maximum atomic E-state index is 13.2. The summed E-state index contributed by atoms with van der Waals surface area (Å²) in [6, 6.07) is 8.06. The van der Waals surface area contributed by atoms with Gasteiger partial charge in [-0.1, -0.05) is 52.8 Å². The molecule has 0 aliphatic heterocycles. The molecule has 0 fully saturated rings. The van der Waals surface area contributed by atoms with Crippen molar-refractivity contribution in [2.75, 3.05) is 0 Å². The minimum Gasteiger partial charge on any atom is -0.363 e. The van der Waals surface area contributed by atoms with Crippen molar-refractivity contribution in [3.8, 4) is 0 Å². The average Bonchev–Trinajstić information content (AvgIpc) is 2.78. The van der Waals surface area contributed by atoms with Gasteiger partial charge in [0.1, 0.15) is 0 Å². The van der Waals surface area contributed by atoms with E-state index in [1.54, 1.807) is 26.1 Å². The summed E-state index contributed by atoms with van der Waals surface area (Å²) in [7, 11) is 0. The lowest BCUT2D eigenvalue weighted by atomic mass is 9.76. The van der Waals surface area contributed by atoms with Crippen LogP contribution >= 0.6 is 0 Å². The third-order valence-corrected chi connectivity index (χ3v) is 6.35. The summed E-state index contributed by atoms with van der Waals surface area (Å²) in [5.41, 5.74) is 5.74. The summed E-state index contributed by atoms with van der Waals surface area (Å²) < 4.78 is 0. The summed E-state index contributed by atoms with van der Waals surface area (Å²) >= 11 is 0. The molecule has 0 aliphatic carbocycles. The Morgan fingerprint density at radius 2 is 1.60 bits per heavy atom. The number of nitrogens with two attached hydrogens (primary N) is 1. The van der Waals surface area contributed by atoms with Crippen LogP contribution in [0.5, 0.6) is 0 Å². The first-order valence-electron chi connectivity index (χ1n) is 11.8. The summed E-state index contributed by atoms with van der Waals surface area (Å²) in [6.45, 7) is 10.6. The second-order valence-corrected chi connectivity index (χ2v) is 10.4. The number of Topliss-reactive ketones (excluding diaryl/α,β-unsaturated/α-hetero) is 3. The molecular weight excluding hydrogens is 446 g/mol. The highest BCUT2D eigenvalue weighted by Crippen LogP contribution is 2.31. The van der Waals surface area contributed by atoms with E-state index in [1.165, 1.54) is 6.92 Å². The third kappa shape index (κ3) is 7.04. The lowest BCUT2D eigenvalue weighted by Crippen LogP contribution is -2.46. The van der Waals surface area contributed by atoms with Crippen LogP contribution in [0.2, 0.25) is 0 Å². The van der Waals surface area contributed by atoms with E-state index in [4.69, 9.17) is 5.73 Å². The zero-order chi connectivity index (χ0) is 26.5. The quantitative estimate of drug-likeness (QED) is 0.373. The number of para-hydroxylation sites is 1. The average molecular weight is 482 g/mol. The molecule has 0 spiro atoms. The minimum atomic E-state index is -1.08. The van der Waals surface area contributed by atoms with Gasteiger partial charge < -0.3 is 11.1 Å². The van der Waals surface area contributed by atoms with Crippen LogP contribution < -0.4 is 11.1 Å². The Kier molecular flexibility index (Phi) is 9.01. The Morgan fingerprint density at radius 3 is 2.17 bits per heavy atom. The zero-order valence-corrected chi connectivity index (χ0v) is 21.3. The van der Waals surface area contributed by atoms with E-state index in [-0.39, 0.29) is 30.3 Å². The van der Waals surface area contributed by atoms with Crippen molar-refractivity contribution >= 4 is 40.1 Å². The number of hydrogen-bond acceptors (Lipinski definition) is 6. The fraction of sp³-hybridized carbons (Fsp3) is 0.481. The number of pyridine rings is 1. The van der Waals surface area contributed by atoms with Crippen LogP contribution in [0, 0.1) is 23.2 Å². The van der Waals surface area contributed by atoms with Crippen LogP contribution in [0.15, 0.2) is 36.5 Å². The van der Waals surface area contributed by atoms with Crippen LogP contribution in [0.25, 0.3) is 10.9 Å². The van der Waals surface area contributed by atoms with Crippen LogP contribution in [0.1, 0.15) is 64.7 Å². The first kappa shape index (κ1) is 27.8. The Labute approximate surface area is 206 Å². The van der Waals surface area contributed by atoms with E-state index < -0.39 is 40.9 Å². The predicted molar refractivity (Wildman–Crippen MR) is 133 cm³/mol. The van der Waals surface area contributed by atoms with Crippen molar-refractivity contribution in [1.29, 1.82) is 0 Å². The van der Waals surface area contributed by atoms with E-state index in [9.17, 15) is 24.0 Å². The Bertz CT molecular complexity index is 1130. The molecule has 0 saturated heterocycles. The number of carbonyl (C=O) groups is 5. The molecule has 8 heteroatoms. The topological polar surface area (TPSA) is 136 Å². The molecule has 1 aromatic carbocycles. The lowest BCUT2D eigenvalue weighted by Gasteiger charge is -2.30. The molecule has 1 aromatic heterocycles. The number of primary amides is 1. The number of nitrogens with zero attached hydrogens (tertiary/aromatic N) is 1. The SMILES string of the molecule is CC(C)[C@H](CC(=O)[C@H](C)NC(=O)[C@@H](CC(=O)c1ccnc2ccccc12)C(C)(C)C)C(=O)C(N)=O. The van der Waals surface area contributed by atoms with Gasteiger partial charge in [-0.3, -0.25) is 29.0 Å². The van der Waals surface area contributed by atoms with E-state index in [0.29, 0.717) is 11.1 Å². The summed E-state index contributed by atoms with van der Waals surface area (Å²) in [5, 5.41) is 3.43. The van der Waals surface area contributed by atoms with Crippen LogP contribution in [0.4, 0.5) is 0 Å². The van der Waals surface area contributed by atoms with E-state index in [2.05, 4.69) is 10.3 Å². The highest BCUT2D eigenvalue weighted by atomic mass is 16.2. The second kappa shape index (κ2) is 11.3. The van der Waals surface area contributed by atoms with Crippen LogP contribution in [-0.4, -0.2) is 40.2 Å². The molecule has 2 rings (SSSR count). The minimum absolute atomic E-state index is 0.0426. The third-order valence-electron chi connectivity index (χ3n) is 6.35. The van der Waals surface area contributed by atoms with Crippen LogP contribution in [-0.2, 0) is 19.2 Å². The van der Waals surface area contributed by atoms with Crippen molar-refractivity contribution in [1.82, 2.24) is 10.3 Å². The molecular formula is C27H35N3O5. The van der Waals surface area contributed by atoms with Gasteiger partial charge in [0.2, 0.25) is 11.7 Å². The predicted octanol–water partition coefficient (Wildman–Crippen LogP) is 3.26. The molecule has 0 bridgehead atoms.